The number of H-pyrrole nitrogens is 1. The number of ketones is 1. The maximum atomic E-state index is 13.7. The molecule has 2 aromatic carbocycles. The lowest BCUT2D eigenvalue weighted by atomic mass is 9.82. The monoisotopic (exact) mass is 451 g/mol. The number of hydrogen-bond acceptors (Lipinski definition) is 3. The molecule has 4 heteroatoms. The third-order valence-electron chi connectivity index (χ3n) is 8.23. The summed E-state index contributed by atoms with van der Waals surface area (Å²) in [6, 6.07) is 14.4. The van der Waals surface area contributed by atoms with Crippen LogP contribution in [0.5, 0.6) is 0 Å². The van der Waals surface area contributed by atoms with Crippen molar-refractivity contribution in [2.45, 2.75) is 71.6 Å². The molecule has 3 aromatic rings. The predicted molar refractivity (Wildman–Crippen MR) is 135 cm³/mol. The van der Waals surface area contributed by atoms with Gasteiger partial charge >= 0.3 is 0 Å². The number of carbonyl (C=O) groups excluding carboxylic acids is 1. The molecule has 2 fully saturated rings. The minimum absolute atomic E-state index is 0.0139. The van der Waals surface area contributed by atoms with Gasteiger partial charge in [0.05, 0.1) is 17.3 Å². The van der Waals surface area contributed by atoms with Gasteiger partial charge in [0.1, 0.15) is 0 Å². The van der Waals surface area contributed by atoms with Gasteiger partial charge < -0.3 is 0 Å². The van der Waals surface area contributed by atoms with Crippen molar-refractivity contribution >= 4 is 5.78 Å². The van der Waals surface area contributed by atoms with Crippen LogP contribution in [0.1, 0.15) is 94.7 Å². The Morgan fingerprint density at radius 1 is 1.03 bits per heavy atom. The first kappa shape index (κ1) is 22.6. The first-order chi connectivity index (χ1) is 16.4. The maximum Gasteiger partial charge on any atom is 0.166 e. The lowest BCUT2D eigenvalue weighted by Crippen LogP contribution is -2.20. The summed E-state index contributed by atoms with van der Waals surface area (Å²) < 4.78 is 0. The SMILES string of the molecule is Cc1cc(C)c(-c2n[nH]c(C3CC3)c2C)cc1C(=O)C(C)C1CCC(c2ccc(C#N)cc2)C1. The highest BCUT2D eigenvalue weighted by Crippen LogP contribution is 2.44. The van der Waals surface area contributed by atoms with Crippen molar-refractivity contribution in [2.24, 2.45) is 11.8 Å². The van der Waals surface area contributed by atoms with Gasteiger partial charge in [0.25, 0.3) is 0 Å². The zero-order valence-corrected chi connectivity index (χ0v) is 20.6. The lowest BCUT2D eigenvalue weighted by molar-refractivity contribution is 0.0887. The van der Waals surface area contributed by atoms with Crippen molar-refractivity contribution in [3.63, 3.8) is 0 Å². The molecule has 0 spiro atoms. The summed E-state index contributed by atoms with van der Waals surface area (Å²) in [7, 11) is 0. The Morgan fingerprint density at radius 2 is 1.74 bits per heavy atom. The van der Waals surface area contributed by atoms with E-state index in [0.29, 0.717) is 23.3 Å². The first-order valence-corrected chi connectivity index (χ1v) is 12.6. The fourth-order valence-electron chi connectivity index (χ4n) is 5.88. The van der Waals surface area contributed by atoms with E-state index < -0.39 is 0 Å². The Hall–Kier alpha value is -3.19. The van der Waals surface area contributed by atoms with Crippen LogP contribution in [0.2, 0.25) is 0 Å². The molecule has 4 nitrogen and oxygen atoms in total. The minimum atomic E-state index is -0.0139. The zero-order valence-electron chi connectivity index (χ0n) is 20.6. The Labute approximate surface area is 202 Å². The fraction of sp³-hybridized carbons (Fsp3) is 0.433. The Kier molecular flexibility index (Phi) is 5.90. The minimum Gasteiger partial charge on any atom is -0.294 e. The molecule has 2 saturated carbocycles. The van der Waals surface area contributed by atoms with E-state index >= 15 is 0 Å². The highest BCUT2D eigenvalue weighted by atomic mass is 16.1. The normalized spacial score (nSPS) is 20.8. The van der Waals surface area contributed by atoms with Crippen LogP contribution in [0, 0.1) is 43.9 Å². The molecule has 34 heavy (non-hydrogen) atoms. The van der Waals surface area contributed by atoms with Crippen LogP contribution in [-0.4, -0.2) is 16.0 Å². The second kappa shape index (κ2) is 8.87. The second-order valence-corrected chi connectivity index (χ2v) is 10.5. The van der Waals surface area contributed by atoms with Crippen LogP contribution < -0.4 is 0 Å². The number of carbonyl (C=O) groups is 1. The van der Waals surface area contributed by atoms with Gasteiger partial charge in [0.2, 0.25) is 0 Å². The molecule has 2 aliphatic carbocycles. The number of rotatable bonds is 6. The molecule has 1 heterocycles. The lowest BCUT2D eigenvalue weighted by Gasteiger charge is -2.20. The van der Waals surface area contributed by atoms with Crippen molar-refractivity contribution in [1.82, 2.24) is 10.2 Å². The molecule has 0 saturated heterocycles. The number of aryl methyl sites for hydroxylation is 2. The van der Waals surface area contributed by atoms with Crippen molar-refractivity contribution in [3.8, 4) is 17.3 Å². The van der Waals surface area contributed by atoms with E-state index in [9.17, 15) is 4.79 Å². The van der Waals surface area contributed by atoms with E-state index in [-0.39, 0.29) is 11.7 Å². The van der Waals surface area contributed by atoms with Gasteiger partial charge in [-0.2, -0.15) is 10.4 Å². The third-order valence-corrected chi connectivity index (χ3v) is 8.23. The van der Waals surface area contributed by atoms with Crippen LogP contribution >= 0.6 is 0 Å². The van der Waals surface area contributed by atoms with Gasteiger partial charge in [0.15, 0.2) is 5.78 Å². The molecule has 3 unspecified atom stereocenters. The molecule has 1 N–H and O–H groups in total. The largest absolute Gasteiger partial charge is 0.294 e. The molecule has 0 bridgehead atoms. The van der Waals surface area contributed by atoms with Crippen molar-refractivity contribution in [2.75, 3.05) is 0 Å². The van der Waals surface area contributed by atoms with Crippen LogP contribution in [0.15, 0.2) is 36.4 Å². The second-order valence-electron chi connectivity index (χ2n) is 10.5. The highest BCUT2D eigenvalue weighted by molar-refractivity contribution is 6.00. The zero-order chi connectivity index (χ0) is 24.0. The molecule has 0 amide bonds. The average molecular weight is 452 g/mol. The number of nitrogens with zero attached hydrogens (tertiary/aromatic N) is 2. The predicted octanol–water partition coefficient (Wildman–Crippen LogP) is 7.15. The van der Waals surface area contributed by atoms with Gasteiger partial charge in [-0.15, -0.1) is 0 Å². The summed E-state index contributed by atoms with van der Waals surface area (Å²) in [4.78, 5) is 13.7. The number of nitrogens with one attached hydrogen (secondary N) is 1. The number of nitriles is 1. The van der Waals surface area contributed by atoms with Crippen molar-refractivity contribution < 1.29 is 4.79 Å². The number of aromatic amines is 1. The van der Waals surface area contributed by atoms with Crippen LogP contribution in [-0.2, 0) is 0 Å². The summed E-state index contributed by atoms with van der Waals surface area (Å²) in [5, 5.41) is 17.0. The average Bonchev–Trinajstić information content (AvgIpc) is 3.43. The standard InChI is InChI=1S/C30H33N3O/c1-17-13-18(2)27(15-26(17)29-20(4)28(32-33-29)23-9-10-23)30(34)19(3)24-11-12-25(14-24)22-7-5-21(16-31)6-8-22/h5-8,13,15,19,23-25H,9-12,14H2,1-4H3,(H,32,33). The molecular formula is C30H33N3O. The van der Waals surface area contributed by atoms with Gasteiger partial charge in [-0.25, -0.2) is 0 Å². The summed E-state index contributed by atoms with van der Waals surface area (Å²) in [6.07, 6.45) is 5.67. The van der Waals surface area contributed by atoms with E-state index in [4.69, 9.17) is 5.26 Å². The van der Waals surface area contributed by atoms with Gasteiger partial charge in [0, 0.05) is 28.7 Å². The maximum absolute atomic E-state index is 13.7. The van der Waals surface area contributed by atoms with E-state index in [2.05, 4.69) is 68.2 Å². The third kappa shape index (κ3) is 4.09. The van der Waals surface area contributed by atoms with E-state index in [1.807, 2.05) is 12.1 Å². The van der Waals surface area contributed by atoms with Crippen LogP contribution in [0.3, 0.4) is 0 Å². The van der Waals surface area contributed by atoms with Gasteiger partial charge in [-0.1, -0.05) is 25.1 Å². The Morgan fingerprint density at radius 3 is 2.41 bits per heavy atom. The quantitative estimate of drug-likeness (QED) is 0.404. The summed E-state index contributed by atoms with van der Waals surface area (Å²) in [6.45, 7) is 8.43. The number of aromatic nitrogens is 2. The summed E-state index contributed by atoms with van der Waals surface area (Å²) >= 11 is 0. The Balaban J connectivity index is 1.37. The number of hydrogen-bond donors (Lipinski definition) is 1. The van der Waals surface area contributed by atoms with Crippen molar-refractivity contribution in [3.05, 3.63) is 75.5 Å². The first-order valence-electron chi connectivity index (χ1n) is 12.6. The van der Waals surface area contributed by atoms with E-state index in [1.165, 1.54) is 35.2 Å². The topological polar surface area (TPSA) is 69.5 Å². The molecule has 0 aliphatic heterocycles. The molecule has 3 atom stereocenters. The summed E-state index contributed by atoms with van der Waals surface area (Å²) in [5.74, 6) is 1.71. The molecule has 174 valence electrons. The molecule has 2 aliphatic rings. The van der Waals surface area contributed by atoms with Crippen LogP contribution in [0.25, 0.3) is 11.3 Å². The molecule has 5 rings (SSSR count). The van der Waals surface area contributed by atoms with E-state index in [1.54, 1.807) is 0 Å². The fourth-order valence-corrected chi connectivity index (χ4v) is 5.88. The van der Waals surface area contributed by atoms with Crippen LogP contribution in [0.4, 0.5) is 0 Å². The van der Waals surface area contributed by atoms with Crippen molar-refractivity contribution in [1.29, 1.82) is 5.26 Å². The molecule has 0 radical (unpaired) electrons. The number of benzene rings is 2. The summed E-state index contributed by atoms with van der Waals surface area (Å²) in [5.41, 5.74) is 9.59. The molecular weight excluding hydrogens is 418 g/mol. The van der Waals surface area contributed by atoms with Gasteiger partial charge in [-0.05, 0) is 105 Å². The van der Waals surface area contributed by atoms with E-state index in [0.717, 1.165) is 41.6 Å². The highest BCUT2D eigenvalue weighted by Gasteiger charge is 2.34. The van der Waals surface area contributed by atoms with Gasteiger partial charge in [-0.3, -0.25) is 9.89 Å². The number of Topliss-reactive ketones (excluding diaryl/α,β-unsaturated/α-hetero) is 1. The Bertz CT molecular complexity index is 1270. The smallest absolute Gasteiger partial charge is 0.166 e. The molecule has 1 aromatic heterocycles.